The van der Waals surface area contributed by atoms with E-state index in [1.165, 1.54) is 7.11 Å². The van der Waals surface area contributed by atoms with Crippen LogP contribution in [0.25, 0.3) is 0 Å². The minimum Gasteiger partial charge on any atom is -0.453 e. The SMILES string of the molecule is CC[Si](CC)(CC)NC(=O)OC. The molecule has 0 saturated heterocycles. The standard InChI is InChI=1S/C8H19NO2Si/c1-5-12(6-2,7-3)9-8(10)11-4/h5-7H2,1-4H3,(H,9,10). The highest BCUT2D eigenvalue weighted by Crippen LogP contribution is 2.16. The maximum atomic E-state index is 11.0. The Morgan fingerprint density at radius 2 is 1.67 bits per heavy atom. The molecule has 1 amide bonds. The lowest BCUT2D eigenvalue weighted by molar-refractivity contribution is 0.177. The van der Waals surface area contributed by atoms with Gasteiger partial charge in [-0.2, -0.15) is 0 Å². The van der Waals surface area contributed by atoms with Crippen LogP contribution in [-0.2, 0) is 4.74 Å². The Balaban J connectivity index is 4.19. The maximum absolute atomic E-state index is 11.0. The van der Waals surface area contributed by atoms with E-state index in [0.717, 1.165) is 18.1 Å². The third-order valence-electron chi connectivity index (χ3n) is 2.58. The van der Waals surface area contributed by atoms with Crippen molar-refractivity contribution in [2.45, 2.75) is 38.9 Å². The van der Waals surface area contributed by atoms with E-state index in [1.54, 1.807) is 0 Å². The number of nitrogens with one attached hydrogen (secondary N) is 1. The second-order valence-corrected chi connectivity index (χ2v) is 7.89. The van der Waals surface area contributed by atoms with Crippen molar-refractivity contribution in [1.82, 2.24) is 4.98 Å². The average molecular weight is 189 g/mol. The molecule has 0 fully saturated rings. The van der Waals surface area contributed by atoms with Gasteiger partial charge in [0.05, 0.1) is 7.11 Å². The molecular formula is C8H19NO2Si. The Morgan fingerprint density at radius 3 is 1.92 bits per heavy atom. The molecule has 0 bridgehead atoms. The highest BCUT2D eigenvalue weighted by atomic mass is 28.3. The number of carbonyl (C=O) groups is 1. The number of rotatable bonds is 4. The van der Waals surface area contributed by atoms with Crippen LogP contribution >= 0.6 is 0 Å². The smallest absolute Gasteiger partial charge is 0.398 e. The van der Waals surface area contributed by atoms with Crippen LogP contribution in [0.15, 0.2) is 0 Å². The fourth-order valence-electron chi connectivity index (χ4n) is 1.28. The summed E-state index contributed by atoms with van der Waals surface area (Å²) in [6.45, 7) is 6.40. The van der Waals surface area contributed by atoms with Gasteiger partial charge in [0.25, 0.3) is 0 Å². The Morgan fingerprint density at radius 1 is 1.25 bits per heavy atom. The zero-order chi connectivity index (χ0) is 9.61. The molecule has 0 saturated carbocycles. The number of hydrogen-bond donors (Lipinski definition) is 1. The third-order valence-corrected chi connectivity index (χ3v) is 7.38. The number of hydrogen-bond acceptors (Lipinski definition) is 2. The van der Waals surface area contributed by atoms with Crippen LogP contribution in [0, 0.1) is 0 Å². The summed E-state index contributed by atoms with van der Waals surface area (Å²) in [6, 6.07) is 3.24. The molecule has 3 nitrogen and oxygen atoms in total. The summed E-state index contributed by atoms with van der Waals surface area (Å²) >= 11 is 0. The molecule has 72 valence electrons. The molecule has 0 heterocycles. The molecule has 0 aliphatic carbocycles. The van der Waals surface area contributed by atoms with Crippen LogP contribution in [0.4, 0.5) is 4.79 Å². The first-order valence-electron chi connectivity index (χ1n) is 4.50. The largest absolute Gasteiger partial charge is 0.453 e. The number of carbonyl (C=O) groups excluding carboxylic acids is 1. The Labute approximate surface area is 75.6 Å². The molecule has 0 aliphatic rings. The van der Waals surface area contributed by atoms with Crippen molar-refractivity contribution in [2.75, 3.05) is 7.11 Å². The van der Waals surface area contributed by atoms with Gasteiger partial charge in [-0.25, -0.2) is 4.79 Å². The van der Waals surface area contributed by atoms with E-state index in [9.17, 15) is 4.79 Å². The highest BCUT2D eigenvalue weighted by molar-refractivity contribution is 6.79. The van der Waals surface area contributed by atoms with Gasteiger partial charge in [0.1, 0.15) is 0 Å². The van der Waals surface area contributed by atoms with E-state index in [-0.39, 0.29) is 6.09 Å². The van der Waals surface area contributed by atoms with Gasteiger partial charge in [-0.3, -0.25) is 0 Å². The predicted octanol–water partition coefficient (Wildman–Crippen LogP) is 2.35. The fourth-order valence-corrected chi connectivity index (χ4v) is 3.85. The summed E-state index contributed by atoms with van der Waals surface area (Å²) < 4.78 is 4.60. The van der Waals surface area contributed by atoms with E-state index in [1.807, 2.05) is 0 Å². The molecule has 12 heavy (non-hydrogen) atoms. The summed E-state index contributed by atoms with van der Waals surface area (Å²) in [7, 11) is -0.114. The fraction of sp³-hybridized carbons (Fsp3) is 0.875. The minimum absolute atomic E-state index is 0.271. The zero-order valence-corrected chi connectivity index (χ0v) is 9.44. The van der Waals surface area contributed by atoms with Crippen LogP contribution in [0.3, 0.4) is 0 Å². The van der Waals surface area contributed by atoms with Crippen molar-refractivity contribution in [2.24, 2.45) is 0 Å². The average Bonchev–Trinajstić information content (AvgIpc) is 2.14. The zero-order valence-electron chi connectivity index (χ0n) is 8.44. The van der Waals surface area contributed by atoms with E-state index < -0.39 is 8.24 Å². The summed E-state index contributed by atoms with van der Waals surface area (Å²) in [5.74, 6) is 0. The van der Waals surface area contributed by atoms with Crippen molar-refractivity contribution in [3.63, 3.8) is 0 Å². The van der Waals surface area contributed by atoms with Gasteiger partial charge in [-0.1, -0.05) is 20.8 Å². The van der Waals surface area contributed by atoms with Crippen molar-refractivity contribution in [1.29, 1.82) is 0 Å². The van der Waals surface area contributed by atoms with Crippen LogP contribution in [0.1, 0.15) is 20.8 Å². The van der Waals surface area contributed by atoms with Gasteiger partial charge in [0, 0.05) is 0 Å². The quantitative estimate of drug-likeness (QED) is 0.689. The molecule has 0 spiro atoms. The van der Waals surface area contributed by atoms with Crippen molar-refractivity contribution < 1.29 is 9.53 Å². The minimum atomic E-state index is -1.53. The van der Waals surface area contributed by atoms with E-state index in [0.29, 0.717) is 0 Å². The molecule has 0 atom stereocenters. The molecule has 0 unspecified atom stereocenters. The molecule has 0 aromatic rings. The Hall–Kier alpha value is -0.513. The van der Waals surface area contributed by atoms with E-state index in [2.05, 4.69) is 30.5 Å². The van der Waals surface area contributed by atoms with E-state index >= 15 is 0 Å². The van der Waals surface area contributed by atoms with Gasteiger partial charge < -0.3 is 9.72 Å². The molecule has 0 rings (SSSR count). The molecule has 0 aromatic carbocycles. The topological polar surface area (TPSA) is 38.3 Å². The predicted molar refractivity (Wildman–Crippen MR) is 52.7 cm³/mol. The van der Waals surface area contributed by atoms with Crippen LogP contribution in [0.2, 0.25) is 18.1 Å². The van der Waals surface area contributed by atoms with Crippen LogP contribution in [0.5, 0.6) is 0 Å². The van der Waals surface area contributed by atoms with Crippen molar-refractivity contribution in [3.05, 3.63) is 0 Å². The summed E-state index contributed by atoms with van der Waals surface area (Å²) in [5, 5.41) is 0. The highest BCUT2D eigenvalue weighted by Gasteiger charge is 2.29. The normalized spacial score (nSPS) is 11.0. The first kappa shape index (κ1) is 11.5. The number of amides is 1. The van der Waals surface area contributed by atoms with E-state index in [4.69, 9.17) is 0 Å². The Bertz CT molecular complexity index is 138. The first-order chi connectivity index (χ1) is 5.64. The molecular weight excluding hydrogens is 170 g/mol. The Kier molecular flexibility index (Phi) is 4.97. The lowest BCUT2D eigenvalue weighted by Gasteiger charge is -2.27. The van der Waals surface area contributed by atoms with Crippen LogP contribution in [-0.4, -0.2) is 21.4 Å². The monoisotopic (exact) mass is 189 g/mol. The summed E-state index contributed by atoms with van der Waals surface area (Å²) in [6.07, 6.45) is -0.271. The third kappa shape index (κ3) is 2.85. The summed E-state index contributed by atoms with van der Waals surface area (Å²) in [4.78, 5) is 14.0. The van der Waals surface area contributed by atoms with Crippen molar-refractivity contribution >= 4 is 14.3 Å². The van der Waals surface area contributed by atoms with Crippen LogP contribution < -0.4 is 4.98 Å². The van der Waals surface area contributed by atoms with Gasteiger partial charge in [-0.15, -0.1) is 0 Å². The maximum Gasteiger partial charge on any atom is 0.398 e. The number of ether oxygens (including phenoxy) is 1. The van der Waals surface area contributed by atoms with Gasteiger partial charge in [0.2, 0.25) is 0 Å². The molecule has 1 N–H and O–H groups in total. The van der Waals surface area contributed by atoms with Gasteiger partial charge in [0.15, 0.2) is 8.24 Å². The first-order valence-corrected chi connectivity index (χ1v) is 7.12. The molecule has 0 aromatic heterocycles. The molecule has 0 radical (unpaired) electrons. The second-order valence-electron chi connectivity index (χ2n) is 2.96. The van der Waals surface area contributed by atoms with Crippen molar-refractivity contribution in [3.8, 4) is 0 Å². The second kappa shape index (κ2) is 5.19. The van der Waals surface area contributed by atoms with Gasteiger partial charge >= 0.3 is 6.09 Å². The van der Waals surface area contributed by atoms with Gasteiger partial charge in [-0.05, 0) is 18.1 Å². The molecule has 0 aliphatic heterocycles. The summed E-state index contributed by atoms with van der Waals surface area (Å²) in [5.41, 5.74) is 0. The lowest BCUT2D eigenvalue weighted by atomic mass is 10.9. The molecule has 4 heteroatoms. The number of methoxy groups -OCH3 is 1. The lowest BCUT2D eigenvalue weighted by Crippen LogP contribution is -2.51.